The smallest absolute Gasteiger partial charge is 0.194 e. The first kappa shape index (κ1) is 10.4. The predicted molar refractivity (Wildman–Crippen MR) is 53.1 cm³/mol. The van der Waals surface area contributed by atoms with Crippen LogP contribution in [0.2, 0.25) is 0 Å². The average Bonchev–Trinajstić information content (AvgIpc) is 1.97. The van der Waals surface area contributed by atoms with Crippen LogP contribution >= 0.6 is 12.2 Å². The first-order valence-electron chi connectivity index (χ1n) is 3.65. The molecule has 0 aliphatic heterocycles. The first-order chi connectivity index (χ1) is 5.16. The minimum absolute atomic E-state index is 0.556. The summed E-state index contributed by atoms with van der Waals surface area (Å²) in [7, 11) is 3.82. The molecule has 64 valence electrons. The molecule has 0 spiro atoms. The SMILES string of the molecule is CCCNC(=S)N=CN(C)C. The largest absolute Gasteiger partial charge is 0.369 e. The summed E-state index contributed by atoms with van der Waals surface area (Å²) in [5.41, 5.74) is 0. The molecule has 0 aromatic heterocycles. The number of hydrogen-bond acceptors (Lipinski definition) is 1. The molecule has 0 saturated carbocycles. The molecule has 0 unspecified atom stereocenters. The summed E-state index contributed by atoms with van der Waals surface area (Å²) in [6, 6.07) is 0. The third kappa shape index (κ3) is 7.25. The van der Waals surface area contributed by atoms with E-state index in [9.17, 15) is 0 Å². The molecule has 0 aliphatic carbocycles. The van der Waals surface area contributed by atoms with Gasteiger partial charge in [-0.1, -0.05) is 6.92 Å². The predicted octanol–water partition coefficient (Wildman–Crippen LogP) is 0.861. The van der Waals surface area contributed by atoms with Crippen molar-refractivity contribution in [3.05, 3.63) is 0 Å². The van der Waals surface area contributed by atoms with Crippen molar-refractivity contribution in [2.24, 2.45) is 4.99 Å². The Labute approximate surface area is 73.5 Å². The van der Waals surface area contributed by atoms with Crippen LogP contribution < -0.4 is 5.32 Å². The molecule has 0 aliphatic rings. The van der Waals surface area contributed by atoms with E-state index in [1.54, 1.807) is 6.34 Å². The zero-order chi connectivity index (χ0) is 8.69. The lowest BCUT2D eigenvalue weighted by Gasteiger charge is -2.03. The first-order valence-corrected chi connectivity index (χ1v) is 4.06. The van der Waals surface area contributed by atoms with Gasteiger partial charge < -0.3 is 10.2 Å². The molecule has 0 aromatic rings. The molecule has 0 radical (unpaired) electrons. The van der Waals surface area contributed by atoms with Gasteiger partial charge in [-0.3, -0.25) is 0 Å². The summed E-state index contributed by atoms with van der Waals surface area (Å²) in [6.07, 6.45) is 2.75. The summed E-state index contributed by atoms with van der Waals surface area (Å²) in [5.74, 6) is 0. The minimum atomic E-state index is 0.556. The van der Waals surface area contributed by atoms with Gasteiger partial charge in [-0.25, -0.2) is 4.99 Å². The second kappa shape index (κ2) is 6.09. The lowest BCUT2D eigenvalue weighted by molar-refractivity contribution is 0.643. The Morgan fingerprint density at radius 1 is 1.64 bits per heavy atom. The van der Waals surface area contributed by atoms with E-state index >= 15 is 0 Å². The van der Waals surface area contributed by atoms with Crippen LogP contribution in [-0.2, 0) is 0 Å². The second-order valence-electron chi connectivity index (χ2n) is 2.44. The molecule has 1 N–H and O–H groups in total. The van der Waals surface area contributed by atoms with Gasteiger partial charge in [-0.05, 0) is 18.6 Å². The van der Waals surface area contributed by atoms with E-state index in [1.807, 2.05) is 19.0 Å². The highest BCUT2D eigenvalue weighted by Gasteiger charge is 1.87. The quantitative estimate of drug-likeness (QED) is 0.390. The monoisotopic (exact) mass is 173 g/mol. The molecule has 11 heavy (non-hydrogen) atoms. The van der Waals surface area contributed by atoms with Gasteiger partial charge in [-0.2, -0.15) is 0 Å². The van der Waals surface area contributed by atoms with Gasteiger partial charge in [0.25, 0.3) is 0 Å². The Balaban J connectivity index is 3.51. The van der Waals surface area contributed by atoms with E-state index < -0.39 is 0 Å². The van der Waals surface area contributed by atoms with Crippen LogP contribution in [0.25, 0.3) is 0 Å². The van der Waals surface area contributed by atoms with E-state index in [0.717, 1.165) is 13.0 Å². The number of rotatable bonds is 3. The van der Waals surface area contributed by atoms with Crippen molar-refractivity contribution in [2.75, 3.05) is 20.6 Å². The average molecular weight is 173 g/mol. The fraction of sp³-hybridized carbons (Fsp3) is 0.714. The van der Waals surface area contributed by atoms with E-state index in [4.69, 9.17) is 12.2 Å². The summed E-state index contributed by atoms with van der Waals surface area (Å²) < 4.78 is 0. The van der Waals surface area contributed by atoms with Crippen molar-refractivity contribution in [1.29, 1.82) is 0 Å². The van der Waals surface area contributed by atoms with Crippen LogP contribution in [0, 0.1) is 0 Å². The molecule has 4 heteroatoms. The van der Waals surface area contributed by atoms with Crippen molar-refractivity contribution < 1.29 is 0 Å². The van der Waals surface area contributed by atoms with Gasteiger partial charge in [0, 0.05) is 20.6 Å². The molecule has 0 heterocycles. The van der Waals surface area contributed by atoms with E-state index in [1.165, 1.54) is 0 Å². The van der Waals surface area contributed by atoms with Crippen LogP contribution in [0.3, 0.4) is 0 Å². The Bertz CT molecular complexity index is 143. The van der Waals surface area contributed by atoms with Crippen LogP contribution in [0.15, 0.2) is 4.99 Å². The van der Waals surface area contributed by atoms with Gasteiger partial charge >= 0.3 is 0 Å². The summed E-state index contributed by atoms with van der Waals surface area (Å²) in [4.78, 5) is 5.83. The summed E-state index contributed by atoms with van der Waals surface area (Å²) in [6.45, 7) is 2.98. The zero-order valence-corrected chi connectivity index (χ0v) is 8.11. The van der Waals surface area contributed by atoms with Crippen molar-refractivity contribution in [2.45, 2.75) is 13.3 Å². The number of nitrogens with zero attached hydrogens (tertiary/aromatic N) is 2. The summed E-state index contributed by atoms with van der Waals surface area (Å²) in [5, 5.41) is 3.55. The van der Waals surface area contributed by atoms with Crippen molar-refractivity contribution in [3.8, 4) is 0 Å². The molecule has 0 amide bonds. The minimum Gasteiger partial charge on any atom is -0.369 e. The third-order valence-electron chi connectivity index (χ3n) is 0.932. The maximum absolute atomic E-state index is 4.90. The van der Waals surface area contributed by atoms with E-state index in [0.29, 0.717) is 5.11 Å². The highest BCUT2D eigenvalue weighted by atomic mass is 32.1. The Morgan fingerprint density at radius 2 is 2.27 bits per heavy atom. The number of aliphatic imine (C=N–C) groups is 1. The molecule has 0 atom stereocenters. The zero-order valence-electron chi connectivity index (χ0n) is 7.29. The highest BCUT2D eigenvalue weighted by Crippen LogP contribution is 1.77. The summed E-state index contributed by atoms with van der Waals surface area (Å²) >= 11 is 4.90. The van der Waals surface area contributed by atoms with Crippen LogP contribution in [0.1, 0.15) is 13.3 Å². The molecule has 0 fully saturated rings. The molecule has 0 saturated heterocycles. The van der Waals surface area contributed by atoms with E-state index in [2.05, 4.69) is 17.2 Å². The van der Waals surface area contributed by atoms with Gasteiger partial charge in [0.15, 0.2) is 5.11 Å². The molecular weight excluding hydrogens is 158 g/mol. The van der Waals surface area contributed by atoms with Gasteiger partial charge in [0.1, 0.15) is 0 Å². The van der Waals surface area contributed by atoms with Gasteiger partial charge in [0.2, 0.25) is 0 Å². The van der Waals surface area contributed by atoms with Crippen LogP contribution in [0.4, 0.5) is 0 Å². The normalized spacial score (nSPS) is 10.1. The van der Waals surface area contributed by atoms with Crippen molar-refractivity contribution in [3.63, 3.8) is 0 Å². The number of thiocarbonyl (C=S) groups is 1. The van der Waals surface area contributed by atoms with Gasteiger partial charge in [-0.15, -0.1) is 0 Å². The third-order valence-corrected chi connectivity index (χ3v) is 1.18. The van der Waals surface area contributed by atoms with Crippen molar-refractivity contribution >= 4 is 23.7 Å². The maximum atomic E-state index is 4.90. The van der Waals surface area contributed by atoms with E-state index in [-0.39, 0.29) is 0 Å². The Kier molecular flexibility index (Phi) is 5.74. The molecule has 3 nitrogen and oxygen atoms in total. The topological polar surface area (TPSA) is 27.6 Å². The molecule has 0 rings (SSSR count). The molecule has 0 aromatic carbocycles. The molecule has 0 bridgehead atoms. The fourth-order valence-corrected chi connectivity index (χ4v) is 0.595. The Hall–Kier alpha value is -0.640. The van der Waals surface area contributed by atoms with Crippen LogP contribution in [0.5, 0.6) is 0 Å². The second-order valence-corrected chi connectivity index (χ2v) is 2.83. The van der Waals surface area contributed by atoms with Gasteiger partial charge in [0.05, 0.1) is 6.34 Å². The fourth-order valence-electron chi connectivity index (χ4n) is 0.445. The standard InChI is InChI=1S/C7H15N3S/c1-4-5-8-7(11)9-6-10(2)3/h6H,4-5H2,1-3H3,(H,8,11). The Morgan fingerprint density at radius 3 is 2.73 bits per heavy atom. The maximum Gasteiger partial charge on any atom is 0.194 e. The van der Waals surface area contributed by atoms with Crippen molar-refractivity contribution in [1.82, 2.24) is 10.2 Å². The van der Waals surface area contributed by atoms with Crippen LogP contribution in [-0.4, -0.2) is 37.0 Å². The lowest BCUT2D eigenvalue weighted by Crippen LogP contribution is -2.21. The number of nitrogens with one attached hydrogen (secondary N) is 1. The number of hydrogen-bond donors (Lipinski definition) is 1. The lowest BCUT2D eigenvalue weighted by atomic mass is 10.5. The molecular formula is C7H15N3S. The highest BCUT2D eigenvalue weighted by molar-refractivity contribution is 7.80.